The SMILES string of the molecule is CCc1ncc(C(=O)N2CCCCC2CCN2CCOCC2)cn1. The summed E-state index contributed by atoms with van der Waals surface area (Å²) in [5.74, 6) is 0.874. The quantitative estimate of drug-likeness (QED) is 0.822. The molecular formula is C18H28N4O2. The average Bonchev–Trinajstić information content (AvgIpc) is 2.67. The molecule has 24 heavy (non-hydrogen) atoms. The molecule has 0 N–H and O–H groups in total. The molecule has 0 bridgehead atoms. The lowest BCUT2D eigenvalue weighted by Gasteiger charge is -2.37. The molecule has 0 aliphatic carbocycles. The zero-order valence-electron chi connectivity index (χ0n) is 14.6. The van der Waals surface area contributed by atoms with Crippen LogP contribution in [0.1, 0.15) is 48.8 Å². The Bertz CT molecular complexity index is 528. The van der Waals surface area contributed by atoms with Gasteiger partial charge in [-0.3, -0.25) is 9.69 Å². The number of aromatic nitrogens is 2. The summed E-state index contributed by atoms with van der Waals surface area (Å²) in [6.45, 7) is 7.58. The lowest BCUT2D eigenvalue weighted by molar-refractivity contribution is 0.0295. The summed E-state index contributed by atoms with van der Waals surface area (Å²) in [6, 6.07) is 0.333. The molecule has 132 valence electrons. The van der Waals surface area contributed by atoms with E-state index in [9.17, 15) is 4.79 Å². The molecule has 2 aliphatic rings. The number of carbonyl (C=O) groups excluding carboxylic acids is 1. The first-order chi connectivity index (χ1) is 11.8. The van der Waals surface area contributed by atoms with E-state index in [0.717, 1.165) is 70.9 Å². The Hall–Kier alpha value is -1.53. The van der Waals surface area contributed by atoms with Crippen LogP contribution < -0.4 is 0 Å². The molecule has 1 amide bonds. The van der Waals surface area contributed by atoms with Crippen LogP contribution in [0, 0.1) is 0 Å². The summed E-state index contributed by atoms with van der Waals surface area (Å²) in [5, 5.41) is 0. The zero-order chi connectivity index (χ0) is 16.8. The molecule has 1 atom stereocenters. The van der Waals surface area contributed by atoms with Gasteiger partial charge in [0, 0.05) is 51.0 Å². The van der Waals surface area contributed by atoms with Crippen LogP contribution in [-0.2, 0) is 11.2 Å². The monoisotopic (exact) mass is 332 g/mol. The van der Waals surface area contributed by atoms with E-state index in [1.165, 1.54) is 6.42 Å². The predicted molar refractivity (Wildman–Crippen MR) is 92.0 cm³/mol. The molecule has 0 spiro atoms. The molecule has 1 aromatic rings. The fourth-order valence-electron chi connectivity index (χ4n) is 3.54. The summed E-state index contributed by atoms with van der Waals surface area (Å²) in [6.07, 6.45) is 8.60. The maximum absolute atomic E-state index is 12.9. The van der Waals surface area contributed by atoms with Crippen molar-refractivity contribution in [1.82, 2.24) is 19.8 Å². The van der Waals surface area contributed by atoms with Crippen LogP contribution in [0.25, 0.3) is 0 Å². The van der Waals surface area contributed by atoms with Gasteiger partial charge >= 0.3 is 0 Å². The fourth-order valence-corrected chi connectivity index (χ4v) is 3.54. The van der Waals surface area contributed by atoms with E-state index < -0.39 is 0 Å². The van der Waals surface area contributed by atoms with Crippen molar-refractivity contribution in [2.45, 2.75) is 45.1 Å². The van der Waals surface area contributed by atoms with E-state index in [1.54, 1.807) is 12.4 Å². The number of ether oxygens (including phenoxy) is 1. The average molecular weight is 332 g/mol. The van der Waals surface area contributed by atoms with Gasteiger partial charge in [-0.15, -0.1) is 0 Å². The number of hydrogen-bond acceptors (Lipinski definition) is 5. The van der Waals surface area contributed by atoms with Crippen molar-refractivity contribution in [3.63, 3.8) is 0 Å². The van der Waals surface area contributed by atoms with Gasteiger partial charge in [0.2, 0.25) is 0 Å². The Morgan fingerprint density at radius 3 is 2.67 bits per heavy atom. The molecule has 2 saturated heterocycles. The number of aryl methyl sites for hydroxylation is 1. The van der Waals surface area contributed by atoms with Gasteiger partial charge in [-0.2, -0.15) is 0 Å². The number of carbonyl (C=O) groups is 1. The van der Waals surface area contributed by atoms with Crippen molar-refractivity contribution in [1.29, 1.82) is 0 Å². The third kappa shape index (κ3) is 4.30. The Balaban J connectivity index is 1.60. The lowest BCUT2D eigenvalue weighted by atomic mass is 9.98. The molecule has 2 aliphatic heterocycles. The zero-order valence-corrected chi connectivity index (χ0v) is 14.6. The Labute approximate surface area is 144 Å². The summed E-state index contributed by atoms with van der Waals surface area (Å²) >= 11 is 0. The number of morpholine rings is 1. The highest BCUT2D eigenvalue weighted by Gasteiger charge is 2.28. The molecule has 1 unspecified atom stereocenters. The Morgan fingerprint density at radius 1 is 1.21 bits per heavy atom. The van der Waals surface area contributed by atoms with Gasteiger partial charge in [0.25, 0.3) is 5.91 Å². The second-order valence-electron chi connectivity index (χ2n) is 6.63. The number of piperidine rings is 1. The number of hydrogen-bond donors (Lipinski definition) is 0. The normalized spacial score (nSPS) is 22.5. The number of likely N-dealkylation sites (tertiary alicyclic amines) is 1. The smallest absolute Gasteiger partial charge is 0.257 e. The molecule has 3 heterocycles. The molecule has 0 aromatic carbocycles. The standard InChI is InChI=1S/C18H28N4O2/c1-2-17-19-13-15(14-20-17)18(23)22-7-4-3-5-16(22)6-8-21-9-11-24-12-10-21/h13-14,16H,2-12H2,1H3. The van der Waals surface area contributed by atoms with Crippen molar-refractivity contribution in [2.75, 3.05) is 39.4 Å². The largest absolute Gasteiger partial charge is 0.379 e. The predicted octanol–water partition coefficient (Wildman–Crippen LogP) is 1.76. The molecule has 6 heteroatoms. The van der Waals surface area contributed by atoms with Crippen LogP contribution in [0.2, 0.25) is 0 Å². The van der Waals surface area contributed by atoms with Gasteiger partial charge in [0.15, 0.2) is 0 Å². The molecule has 6 nitrogen and oxygen atoms in total. The lowest BCUT2D eigenvalue weighted by Crippen LogP contribution is -2.46. The van der Waals surface area contributed by atoms with Crippen molar-refractivity contribution < 1.29 is 9.53 Å². The van der Waals surface area contributed by atoms with E-state index in [0.29, 0.717) is 11.6 Å². The van der Waals surface area contributed by atoms with E-state index in [1.807, 2.05) is 11.8 Å². The third-order valence-electron chi connectivity index (χ3n) is 5.04. The molecule has 2 fully saturated rings. The van der Waals surface area contributed by atoms with E-state index in [-0.39, 0.29) is 5.91 Å². The Kier molecular flexibility index (Phi) is 6.15. The highest BCUT2D eigenvalue weighted by atomic mass is 16.5. The summed E-state index contributed by atoms with van der Waals surface area (Å²) < 4.78 is 5.41. The second kappa shape index (κ2) is 8.53. The topological polar surface area (TPSA) is 58.6 Å². The van der Waals surface area contributed by atoms with Crippen LogP contribution in [0.4, 0.5) is 0 Å². The Morgan fingerprint density at radius 2 is 1.96 bits per heavy atom. The first-order valence-electron chi connectivity index (χ1n) is 9.20. The van der Waals surface area contributed by atoms with E-state index in [4.69, 9.17) is 4.74 Å². The first-order valence-corrected chi connectivity index (χ1v) is 9.20. The minimum atomic E-state index is 0.0873. The maximum atomic E-state index is 12.9. The summed E-state index contributed by atoms with van der Waals surface area (Å²) in [5.41, 5.74) is 0.616. The third-order valence-corrected chi connectivity index (χ3v) is 5.04. The summed E-state index contributed by atoms with van der Waals surface area (Å²) in [7, 11) is 0. The number of nitrogens with zero attached hydrogens (tertiary/aromatic N) is 4. The molecule has 0 radical (unpaired) electrons. The summed E-state index contributed by atoms with van der Waals surface area (Å²) in [4.78, 5) is 25.9. The van der Waals surface area contributed by atoms with Crippen LogP contribution >= 0.6 is 0 Å². The molecule has 0 saturated carbocycles. The number of rotatable bonds is 5. The van der Waals surface area contributed by atoms with Crippen LogP contribution in [-0.4, -0.2) is 71.1 Å². The van der Waals surface area contributed by atoms with Crippen molar-refractivity contribution in [2.24, 2.45) is 0 Å². The molecule has 1 aromatic heterocycles. The second-order valence-corrected chi connectivity index (χ2v) is 6.63. The van der Waals surface area contributed by atoms with Gasteiger partial charge in [0.05, 0.1) is 18.8 Å². The van der Waals surface area contributed by atoms with Crippen LogP contribution in [0.3, 0.4) is 0 Å². The minimum absolute atomic E-state index is 0.0873. The van der Waals surface area contributed by atoms with E-state index in [2.05, 4.69) is 14.9 Å². The van der Waals surface area contributed by atoms with Gasteiger partial charge in [-0.05, 0) is 25.7 Å². The minimum Gasteiger partial charge on any atom is -0.379 e. The van der Waals surface area contributed by atoms with Crippen molar-refractivity contribution >= 4 is 5.91 Å². The highest BCUT2D eigenvalue weighted by Crippen LogP contribution is 2.22. The van der Waals surface area contributed by atoms with Gasteiger partial charge in [-0.25, -0.2) is 9.97 Å². The van der Waals surface area contributed by atoms with Crippen LogP contribution in [0.15, 0.2) is 12.4 Å². The maximum Gasteiger partial charge on any atom is 0.257 e. The first kappa shape index (κ1) is 17.3. The fraction of sp³-hybridized carbons (Fsp3) is 0.722. The number of amides is 1. The van der Waals surface area contributed by atoms with Gasteiger partial charge < -0.3 is 9.64 Å². The van der Waals surface area contributed by atoms with Crippen molar-refractivity contribution in [3.05, 3.63) is 23.8 Å². The molecular weight excluding hydrogens is 304 g/mol. The van der Waals surface area contributed by atoms with E-state index >= 15 is 0 Å². The van der Waals surface area contributed by atoms with Gasteiger partial charge in [-0.1, -0.05) is 6.92 Å². The highest BCUT2D eigenvalue weighted by molar-refractivity contribution is 5.93. The molecule has 3 rings (SSSR count). The van der Waals surface area contributed by atoms with Crippen LogP contribution in [0.5, 0.6) is 0 Å². The van der Waals surface area contributed by atoms with Gasteiger partial charge in [0.1, 0.15) is 5.82 Å². The van der Waals surface area contributed by atoms with Crippen molar-refractivity contribution in [3.8, 4) is 0 Å².